The van der Waals surface area contributed by atoms with Crippen molar-refractivity contribution in [2.45, 2.75) is 13.8 Å². The van der Waals surface area contributed by atoms with Crippen molar-refractivity contribution in [3.8, 4) is 0 Å². The Morgan fingerprint density at radius 3 is 0.739 bits per heavy atom. The van der Waals surface area contributed by atoms with E-state index in [2.05, 4.69) is 104 Å². The van der Waals surface area contributed by atoms with Crippen LogP contribution in [0.5, 0.6) is 0 Å². The van der Waals surface area contributed by atoms with Gasteiger partial charge in [-0.3, -0.25) is 19.2 Å². The molecule has 0 fully saturated rings. The van der Waals surface area contributed by atoms with Crippen LogP contribution in [-0.2, 0) is 19.2 Å². The van der Waals surface area contributed by atoms with Crippen LogP contribution in [-0.4, -0.2) is 57.4 Å². The van der Waals surface area contributed by atoms with Crippen LogP contribution in [0.25, 0.3) is 79.1 Å². The van der Waals surface area contributed by atoms with Crippen molar-refractivity contribution < 1.29 is 39.6 Å². The summed E-state index contributed by atoms with van der Waals surface area (Å²) >= 11 is 0. The van der Waals surface area contributed by atoms with Gasteiger partial charge in [-0.15, -0.1) is 0 Å². The number of benzene rings is 8. The molecule has 0 aliphatic carbocycles. The Hall–Kier alpha value is -12.6. The number of hydrogen-bond acceptors (Lipinski definition) is 6. The van der Waals surface area contributed by atoms with Gasteiger partial charge in [-0.25, -0.2) is 19.4 Å². The number of rotatable bonds is 22. The Kier molecular flexibility index (Phi) is 20.3. The standard InChI is InChI=1S/C74H54N6O8/c1-7-79(8-2)61-35-19-49(20-36-61)9-10-50-21-37-62(38-22-50)80(63-39-23-51(24-40-63)43-65(57-27-11-53(12-28-57)45-67(75-3)71(81)82)58-29-13-54(14-30-58)46-68(76-4)72(83)84)64-41-25-52(26-42-64)44-66(59-31-15-55(16-32-59)47-69(77-5)73(85)86)60-33-17-56(18-34-60)48-70(78-6)74(87)88/h9-48H,7-8H2,1-2H3,(H,81,82)(H,83,84)(H,85,86)(H,87,88)/b10-9+,67-45-,68-46-,69-47-,70-48-. The van der Waals surface area contributed by atoms with Crippen molar-refractivity contribution in [1.82, 2.24) is 0 Å². The summed E-state index contributed by atoms with van der Waals surface area (Å²) in [7, 11) is 0. The van der Waals surface area contributed by atoms with Crippen LogP contribution in [0.4, 0.5) is 22.7 Å². The smallest absolute Gasteiger partial charge is 0.333 e. The molecule has 8 aromatic rings. The van der Waals surface area contributed by atoms with Gasteiger partial charge in [0.15, 0.2) is 0 Å². The van der Waals surface area contributed by atoms with Crippen LogP contribution in [0.2, 0.25) is 0 Å². The van der Waals surface area contributed by atoms with E-state index in [1.165, 1.54) is 30.0 Å². The zero-order chi connectivity index (χ0) is 62.7. The van der Waals surface area contributed by atoms with Crippen molar-refractivity contribution in [2.24, 2.45) is 0 Å². The largest absolute Gasteiger partial charge is 0.486 e. The first-order chi connectivity index (χ1) is 42.6. The molecule has 0 saturated heterocycles. The van der Waals surface area contributed by atoms with Crippen LogP contribution >= 0.6 is 0 Å². The van der Waals surface area contributed by atoms with Gasteiger partial charge in [0.1, 0.15) is 0 Å². The summed E-state index contributed by atoms with van der Waals surface area (Å²) in [6.07, 6.45) is 13.3. The third kappa shape index (κ3) is 15.7. The maximum atomic E-state index is 11.6. The van der Waals surface area contributed by atoms with Crippen molar-refractivity contribution in [3.63, 3.8) is 0 Å². The SMILES string of the molecule is [C-]#[N+]/C(=C\c1ccc(C(=Cc2ccc(N(c3ccc(C=C(c4ccc(/C=C(\[N+]#[C-])C(=O)O)cc4)c4ccc(/C=C(\[N+]#[C-])C(=O)O)cc4)cc3)c3ccc(/C=C/c4ccc(N(CC)CC)cc4)cc3)cc2)c2ccc(/C=C(\[N+]#[C-])C(=O)O)cc2)cc1)C(=O)O. The lowest BCUT2D eigenvalue weighted by Crippen LogP contribution is -2.21. The van der Waals surface area contributed by atoms with E-state index in [0.717, 1.165) is 85.8 Å². The second kappa shape index (κ2) is 29.1. The minimum absolute atomic E-state index is 0.429. The lowest BCUT2D eigenvalue weighted by molar-refractivity contribution is -0.133. The number of aliphatic carboxylic acids is 4. The van der Waals surface area contributed by atoms with Gasteiger partial charge in [0.2, 0.25) is 0 Å². The molecule has 0 radical (unpaired) electrons. The molecule has 0 amide bonds. The molecule has 4 N–H and O–H groups in total. The zero-order valence-corrected chi connectivity index (χ0v) is 47.6. The number of nitrogens with zero attached hydrogens (tertiary/aromatic N) is 6. The maximum absolute atomic E-state index is 11.6. The Morgan fingerprint density at radius 2 is 0.523 bits per heavy atom. The van der Waals surface area contributed by atoms with Gasteiger partial charge in [0.05, 0.1) is 26.3 Å². The molecular weight excluding hydrogens is 1100 g/mol. The number of anilines is 4. The van der Waals surface area contributed by atoms with Gasteiger partial charge in [0, 0.05) is 35.8 Å². The van der Waals surface area contributed by atoms with Crippen LogP contribution in [0, 0.1) is 26.3 Å². The van der Waals surface area contributed by atoms with E-state index in [4.69, 9.17) is 26.3 Å². The molecule has 8 rings (SSSR count). The molecule has 0 heterocycles. The molecule has 8 aromatic carbocycles. The lowest BCUT2D eigenvalue weighted by Gasteiger charge is -2.26. The van der Waals surface area contributed by atoms with Gasteiger partial charge in [-0.05, 0) is 177 Å². The monoisotopic (exact) mass is 1150 g/mol. The molecule has 0 bridgehead atoms. The van der Waals surface area contributed by atoms with E-state index in [1.54, 1.807) is 48.5 Å². The Morgan fingerprint density at radius 1 is 0.318 bits per heavy atom. The van der Waals surface area contributed by atoms with Crippen LogP contribution < -0.4 is 9.80 Å². The Bertz CT molecular complexity index is 3910. The first-order valence-electron chi connectivity index (χ1n) is 27.4. The van der Waals surface area contributed by atoms with Gasteiger partial charge >= 0.3 is 23.9 Å². The third-order valence-electron chi connectivity index (χ3n) is 14.0. The van der Waals surface area contributed by atoms with Gasteiger partial charge in [-0.1, -0.05) is 158 Å². The summed E-state index contributed by atoms with van der Waals surface area (Å²) in [6, 6.07) is 61.1. The number of hydrogen-bond donors (Lipinski definition) is 4. The molecule has 0 spiro atoms. The molecule has 0 aliphatic rings. The minimum Gasteiger partial charge on any atom is -0.486 e. The van der Waals surface area contributed by atoms with Gasteiger partial charge < -0.3 is 30.2 Å². The van der Waals surface area contributed by atoms with Crippen LogP contribution in [0.1, 0.15) is 80.6 Å². The van der Waals surface area contributed by atoms with Gasteiger partial charge in [-0.2, -0.15) is 0 Å². The first kappa shape index (κ1) is 61.5. The topological polar surface area (TPSA) is 173 Å². The fourth-order valence-electron chi connectivity index (χ4n) is 9.43. The molecule has 0 unspecified atom stereocenters. The number of carbonyl (C=O) groups is 4. The fourth-order valence-corrected chi connectivity index (χ4v) is 9.43. The second-order valence-corrected chi connectivity index (χ2v) is 19.6. The van der Waals surface area contributed by atoms with Crippen molar-refractivity contribution >= 4 is 106 Å². The average Bonchev–Trinajstić information content (AvgIpc) is 1.78. The number of carboxylic acid groups (broad SMARTS) is 4. The Balaban J connectivity index is 1.20. The summed E-state index contributed by atoms with van der Waals surface area (Å²) in [5.41, 5.74) is 12.3. The molecule has 14 nitrogen and oxygen atoms in total. The fraction of sp³-hybridized carbons (Fsp3) is 0.0541. The second-order valence-electron chi connectivity index (χ2n) is 19.6. The summed E-state index contributed by atoms with van der Waals surface area (Å²) in [4.78, 5) is 63.5. The van der Waals surface area contributed by atoms with Gasteiger partial charge in [0.25, 0.3) is 22.8 Å². The van der Waals surface area contributed by atoms with E-state index in [0.29, 0.717) is 22.3 Å². The van der Waals surface area contributed by atoms with E-state index in [1.807, 2.05) is 109 Å². The average molecular weight is 1160 g/mol. The van der Waals surface area contributed by atoms with E-state index in [-0.39, 0.29) is 0 Å². The summed E-state index contributed by atoms with van der Waals surface area (Å²) in [5.74, 6) is -5.34. The third-order valence-corrected chi connectivity index (χ3v) is 14.0. The highest BCUT2D eigenvalue weighted by Crippen LogP contribution is 2.37. The molecule has 428 valence electrons. The molecule has 0 saturated carbocycles. The predicted octanol–water partition coefficient (Wildman–Crippen LogP) is 16.7. The van der Waals surface area contributed by atoms with Crippen molar-refractivity contribution in [3.05, 3.63) is 329 Å². The summed E-state index contributed by atoms with van der Waals surface area (Å²) in [5, 5.41) is 38.0. The molecule has 88 heavy (non-hydrogen) atoms. The summed E-state index contributed by atoms with van der Waals surface area (Å²) in [6.45, 7) is 35.4. The molecule has 0 atom stereocenters. The zero-order valence-electron chi connectivity index (χ0n) is 47.6. The van der Waals surface area contributed by atoms with Crippen molar-refractivity contribution in [1.29, 1.82) is 0 Å². The van der Waals surface area contributed by atoms with Crippen LogP contribution in [0.15, 0.2) is 217 Å². The van der Waals surface area contributed by atoms with E-state index < -0.39 is 46.7 Å². The minimum atomic E-state index is -1.33. The Labute approximate surface area is 509 Å². The highest BCUT2D eigenvalue weighted by molar-refractivity contribution is 5.98. The number of carboxylic acids is 4. The van der Waals surface area contributed by atoms with Crippen LogP contribution in [0.3, 0.4) is 0 Å². The lowest BCUT2D eigenvalue weighted by atomic mass is 9.94. The molecular formula is C74H54N6O8. The molecule has 14 heteroatoms. The van der Waals surface area contributed by atoms with E-state index in [9.17, 15) is 39.6 Å². The normalized spacial score (nSPS) is 11.5. The highest BCUT2D eigenvalue weighted by Gasteiger charge is 2.17. The van der Waals surface area contributed by atoms with E-state index >= 15 is 0 Å². The first-order valence-corrected chi connectivity index (χ1v) is 27.4. The summed E-state index contributed by atoms with van der Waals surface area (Å²) < 4.78 is 0. The quantitative estimate of drug-likeness (QED) is 0.0291. The highest BCUT2D eigenvalue weighted by atomic mass is 16.4. The predicted molar refractivity (Wildman–Crippen MR) is 349 cm³/mol. The van der Waals surface area contributed by atoms with Crippen molar-refractivity contribution in [2.75, 3.05) is 22.9 Å². The maximum Gasteiger partial charge on any atom is 0.333 e. The molecule has 0 aliphatic heterocycles. The molecule has 0 aromatic heterocycles.